The van der Waals surface area contributed by atoms with Crippen molar-refractivity contribution >= 4 is 5.57 Å². The summed E-state index contributed by atoms with van der Waals surface area (Å²) in [6.07, 6.45) is 10.3. The van der Waals surface area contributed by atoms with Crippen molar-refractivity contribution in [1.29, 1.82) is 0 Å². The summed E-state index contributed by atoms with van der Waals surface area (Å²) in [5.41, 5.74) is 3.54. The number of benzene rings is 1. The van der Waals surface area contributed by atoms with Gasteiger partial charge in [-0.1, -0.05) is 122 Å². The molecule has 0 radical (unpaired) electrons. The van der Waals surface area contributed by atoms with E-state index in [0.717, 1.165) is 5.57 Å². The molecule has 132 valence electrons. The predicted octanol–water partition coefficient (Wildman–Crippen LogP) is 8.47. The van der Waals surface area contributed by atoms with Crippen molar-refractivity contribution in [1.82, 2.24) is 0 Å². The summed E-state index contributed by atoms with van der Waals surface area (Å²) in [6.45, 7) is 20.3. The van der Waals surface area contributed by atoms with Crippen molar-refractivity contribution in [2.75, 3.05) is 0 Å². The second-order valence-corrected chi connectivity index (χ2v) is 4.64. The second-order valence-electron chi connectivity index (χ2n) is 4.64. The van der Waals surface area contributed by atoms with Crippen molar-refractivity contribution in [3.05, 3.63) is 66.3 Å². The van der Waals surface area contributed by atoms with E-state index in [4.69, 9.17) is 0 Å². The van der Waals surface area contributed by atoms with Gasteiger partial charge in [-0.2, -0.15) is 0 Å². The third-order valence-electron chi connectivity index (χ3n) is 2.67. The van der Waals surface area contributed by atoms with E-state index in [2.05, 4.69) is 44.7 Å². The highest BCUT2D eigenvalue weighted by atomic mass is 14.0. The first-order chi connectivity index (χ1) is 11.2. The molecule has 0 N–H and O–H groups in total. The number of allylic oxidation sites excluding steroid dienone is 5. The molecular weight excluding hydrogens is 276 g/mol. The lowest BCUT2D eigenvalue weighted by atomic mass is 10.0. The molecule has 0 heteroatoms. The first-order valence-electron chi connectivity index (χ1n) is 9.21. The van der Waals surface area contributed by atoms with E-state index in [1.54, 1.807) is 0 Å². The zero-order chi connectivity index (χ0) is 18.5. The minimum absolute atomic E-state index is 1.07. The van der Waals surface area contributed by atoms with Gasteiger partial charge in [0.2, 0.25) is 0 Å². The fourth-order valence-corrected chi connectivity index (χ4v) is 1.58. The van der Waals surface area contributed by atoms with Crippen molar-refractivity contribution in [3.8, 4) is 0 Å². The Morgan fingerprint density at radius 1 is 0.913 bits per heavy atom. The fourth-order valence-electron chi connectivity index (χ4n) is 1.58. The summed E-state index contributed by atoms with van der Waals surface area (Å²) in [7, 11) is 0. The lowest BCUT2D eigenvalue weighted by Gasteiger charge is -2.00. The van der Waals surface area contributed by atoms with E-state index in [9.17, 15) is 0 Å². The third-order valence-corrected chi connectivity index (χ3v) is 2.67. The highest BCUT2D eigenvalue weighted by Gasteiger charge is 1.93. The molecule has 1 rings (SSSR count). The summed E-state index contributed by atoms with van der Waals surface area (Å²) < 4.78 is 0. The van der Waals surface area contributed by atoms with Gasteiger partial charge in [-0.25, -0.2) is 0 Å². The summed E-state index contributed by atoms with van der Waals surface area (Å²) in [4.78, 5) is 0. The number of hydrogen-bond donors (Lipinski definition) is 0. The molecule has 1 aromatic carbocycles. The maximum atomic E-state index is 3.84. The highest BCUT2D eigenvalue weighted by molar-refractivity contribution is 5.74. The quantitative estimate of drug-likeness (QED) is 0.478. The van der Waals surface area contributed by atoms with Gasteiger partial charge < -0.3 is 0 Å². The number of hydrogen-bond acceptors (Lipinski definition) is 0. The first-order valence-corrected chi connectivity index (χ1v) is 9.21. The van der Waals surface area contributed by atoms with Gasteiger partial charge in [0.1, 0.15) is 0 Å². The van der Waals surface area contributed by atoms with Gasteiger partial charge in [0.15, 0.2) is 0 Å². The maximum Gasteiger partial charge on any atom is -0.0187 e. The summed E-state index contributed by atoms with van der Waals surface area (Å²) >= 11 is 0. The molecule has 1 aromatic rings. The molecule has 0 aromatic heterocycles. The SMILES string of the molecule is C=C(C)/C=C\C(=C/C)c1ccccc1.CC.CC.CCCCC. The van der Waals surface area contributed by atoms with Gasteiger partial charge >= 0.3 is 0 Å². The average molecular weight is 317 g/mol. The van der Waals surface area contributed by atoms with E-state index in [-0.39, 0.29) is 0 Å². The standard InChI is InChI=1S/C14H16.C5H12.2C2H6/c1-4-13(11-10-12(2)3)14-8-6-5-7-9-14;1-3-5-4-2;2*1-2/h4-11H,2H2,1,3H3;3-5H2,1-2H3;2*1-2H3/b11-10-,13-4+;;;. The molecule has 0 unspecified atom stereocenters. The Hall–Kier alpha value is -1.56. The van der Waals surface area contributed by atoms with Gasteiger partial charge in [0, 0.05) is 0 Å². The largest absolute Gasteiger partial charge is 0.0961 e. The topological polar surface area (TPSA) is 0 Å². The van der Waals surface area contributed by atoms with Crippen LogP contribution in [-0.4, -0.2) is 0 Å². The van der Waals surface area contributed by atoms with E-state index in [1.807, 2.05) is 65.8 Å². The molecule has 0 heterocycles. The van der Waals surface area contributed by atoms with Gasteiger partial charge in [0.25, 0.3) is 0 Å². The smallest absolute Gasteiger partial charge is 0.0187 e. The van der Waals surface area contributed by atoms with Gasteiger partial charge in [-0.05, 0) is 25.0 Å². The molecule has 0 aliphatic carbocycles. The van der Waals surface area contributed by atoms with Crippen LogP contribution >= 0.6 is 0 Å². The molecule has 0 fully saturated rings. The van der Waals surface area contributed by atoms with Gasteiger partial charge in [-0.3, -0.25) is 0 Å². The minimum atomic E-state index is 1.07. The zero-order valence-corrected chi connectivity index (χ0v) is 16.9. The van der Waals surface area contributed by atoms with Crippen LogP contribution in [0.2, 0.25) is 0 Å². The van der Waals surface area contributed by atoms with Crippen molar-refractivity contribution in [2.24, 2.45) is 0 Å². The van der Waals surface area contributed by atoms with Crippen LogP contribution in [0.4, 0.5) is 0 Å². The van der Waals surface area contributed by atoms with Crippen LogP contribution in [0.15, 0.2) is 60.7 Å². The Morgan fingerprint density at radius 2 is 1.39 bits per heavy atom. The van der Waals surface area contributed by atoms with Crippen molar-refractivity contribution in [3.63, 3.8) is 0 Å². The Bertz CT molecular complexity index is 391. The normalized spacial score (nSPS) is 9.65. The fraction of sp³-hybridized carbons (Fsp3) is 0.478. The molecule has 0 aliphatic rings. The second kappa shape index (κ2) is 22.7. The van der Waals surface area contributed by atoms with Crippen molar-refractivity contribution in [2.45, 2.75) is 74.7 Å². The van der Waals surface area contributed by atoms with Crippen LogP contribution in [0, 0.1) is 0 Å². The Kier molecular flexibility index (Phi) is 26.0. The average Bonchev–Trinajstić information content (AvgIpc) is 2.61. The molecule has 0 aliphatic heterocycles. The third kappa shape index (κ3) is 18.4. The van der Waals surface area contributed by atoms with Crippen molar-refractivity contribution < 1.29 is 0 Å². The number of rotatable bonds is 5. The maximum absolute atomic E-state index is 3.84. The van der Waals surface area contributed by atoms with E-state index >= 15 is 0 Å². The molecule has 0 atom stereocenters. The van der Waals surface area contributed by atoms with Crippen LogP contribution in [-0.2, 0) is 0 Å². The molecule has 0 saturated carbocycles. The van der Waals surface area contributed by atoms with Gasteiger partial charge in [0.05, 0.1) is 0 Å². The number of unbranched alkanes of at least 4 members (excludes halogenated alkanes) is 2. The summed E-state index contributed by atoms with van der Waals surface area (Å²) in [5.74, 6) is 0. The van der Waals surface area contributed by atoms with E-state index < -0.39 is 0 Å². The Morgan fingerprint density at radius 3 is 1.70 bits per heavy atom. The molecule has 0 amide bonds. The van der Waals surface area contributed by atoms with Crippen LogP contribution in [0.3, 0.4) is 0 Å². The van der Waals surface area contributed by atoms with E-state index in [0.29, 0.717) is 0 Å². The predicted molar refractivity (Wildman–Crippen MR) is 112 cm³/mol. The molecule has 23 heavy (non-hydrogen) atoms. The molecular formula is C23H40. The van der Waals surface area contributed by atoms with Crippen LogP contribution in [0.25, 0.3) is 5.57 Å². The Labute approximate surface area is 147 Å². The molecule has 0 spiro atoms. The van der Waals surface area contributed by atoms with E-state index in [1.165, 1.54) is 30.4 Å². The lowest BCUT2D eigenvalue weighted by Crippen LogP contribution is -1.78. The molecule has 0 nitrogen and oxygen atoms in total. The molecule has 0 bridgehead atoms. The molecule has 0 saturated heterocycles. The zero-order valence-electron chi connectivity index (χ0n) is 16.9. The monoisotopic (exact) mass is 316 g/mol. The lowest BCUT2D eigenvalue weighted by molar-refractivity contribution is 0.772. The minimum Gasteiger partial charge on any atom is -0.0961 e. The van der Waals surface area contributed by atoms with Crippen LogP contribution in [0.1, 0.15) is 80.2 Å². The summed E-state index contributed by atoms with van der Waals surface area (Å²) in [5, 5.41) is 0. The van der Waals surface area contributed by atoms with Crippen LogP contribution < -0.4 is 0 Å². The Balaban J connectivity index is -0.000000375. The van der Waals surface area contributed by atoms with Gasteiger partial charge in [-0.15, -0.1) is 0 Å². The van der Waals surface area contributed by atoms with Crippen LogP contribution in [0.5, 0.6) is 0 Å². The summed E-state index contributed by atoms with van der Waals surface area (Å²) in [6, 6.07) is 10.3. The highest BCUT2D eigenvalue weighted by Crippen LogP contribution is 2.15. The first kappa shape index (κ1) is 26.3.